The predicted molar refractivity (Wildman–Crippen MR) is 96.7 cm³/mol. The van der Waals surface area contributed by atoms with Crippen molar-refractivity contribution in [1.29, 1.82) is 0 Å². The first-order chi connectivity index (χ1) is 10.7. The smallest absolute Gasteiger partial charge is 0.240 e. The molecule has 23 heavy (non-hydrogen) atoms. The summed E-state index contributed by atoms with van der Waals surface area (Å²) in [6, 6.07) is 6.89. The highest BCUT2D eigenvalue weighted by Gasteiger charge is 2.23. The molecular formula is C18H32N2O2S. The molecule has 132 valence electrons. The van der Waals surface area contributed by atoms with Gasteiger partial charge in [0.05, 0.1) is 4.90 Å². The molecule has 0 aliphatic rings. The standard InChI is InChI=1S/C18H32N2O2S/c1-13(2)16(12-19)8-11-18(14(3)4)20-23(21,22)17-9-6-15(5)7-10-17/h6-7,9-10,13-14,16,18,20H,8,11-12,19H2,1-5H3. The molecule has 0 radical (unpaired) electrons. The number of nitrogens with two attached hydrogens (primary N) is 1. The van der Waals surface area contributed by atoms with Gasteiger partial charge in [-0.25, -0.2) is 13.1 Å². The van der Waals surface area contributed by atoms with Gasteiger partial charge in [-0.1, -0.05) is 45.4 Å². The fourth-order valence-electron chi connectivity index (χ4n) is 2.63. The van der Waals surface area contributed by atoms with Gasteiger partial charge in [-0.2, -0.15) is 0 Å². The molecule has 4 nitrogen and oxygen atoms in total. The van der Waals surface area contributed by atoms with Crippen LogP contribution in [-0.4, -0.2) is 21.0 Å². The van der Waals surface area contributed by atoms with Gasteiger partial charge in [0.2, 0.25) is 10.0 Å². The first kappa shape index (κ1) is 20.1. The van der Waals surface area contributed by atoms with Gasteiger partial charge in [-0.3, -0.25) is 0 Å². The molecule has 0 aromatic heterocycles. The Morgan fingerprint density at radius 1 is 1.00 bits per heavy atom. The molecule has 0 saturated heterocycles. The Morgan fingerprint density at radius 3 is 2.00 bits per heavy atom. The lowest BCUT2D eigenvalue weighted by molar-refractivity contribution is 0.319. The number of hydrogen-bond acceptors (Lipinski definition) is 3. The first-order valence-electron chi connectivity index (χ1n) is 8.46. The number of benzene rings is 1. The maximum atomic E-state index is 12.6. The van der Waals surface area contributed by atoms with Crippen LogP contribution < -0.4 is 10.5 Å². The summed E-state index contributed by atoms with van der Waals surface area (Å²) in [6.45, 7) is 11.0. The summed E-state index contributed by atoms with van der Waals surface area (Å²) in [6.07, 6.45) is 1.75. The lowest BCUT2D eigenvalue weighted by Gasteiger charge is -2.26. The molecule has 2 atom stereocenters. The molecule has 3 N–H and O–H groups in total. The average Bonchev–Trinajstić information content (AvgIpc) is 2.46. The van der Waals surface area contributed by atoms with Crippen molar-refractivity contribution in [1.82, 2.24) is 4.72 Å². The highest BCUT2D eigenvalue weighted by Crippen LogP contribution is 2.21. The fourth-order valence-corrected chi connectivity index (χ4v) is 4.05. The minimum absolute atomic E-state index is 0.0749. The Kier molecular flexibility index (Phi) is 7.71. The SMILES string of the molecule is Cc1ccc(S(=O)(=O)NC(CCC(CN)C(C)C)C(C)C)cc1. The zero-order valence-electron chi connectivity index (χ0n) is 15.0. The third-order valence-electron chi connectivity index (χ3n) is 4.54. The van der Waals surface area contributed by atoms with Gasteiger partial charge >= 0.3 is 0 Å². The van der Waals surface area contributed by atoms with E-state index in [-0.39, 0.29) is 12.0 Å². The summed E-state index contributed by atoms with van der Waals surface area (Å²) in [5.41, 5.74) is 6.88. The topological polar surface area (TPSA) is 72.2 Å². The fraction of sp³-hybridized carbons (Fsp3) is 0.667. The summed E-state index contributed by atoms with van der Waals surface area (Å²) < 4.78 is 28.0. The third-order valence-corrected chi connectivity index (χ3v) is 6.04. The van der Waals surface area contributed by atoms with Crippen molar-refractivity contribution in [3.8, 4) is 0 Å². The molecule has 0 saturated carbocycles. The predicted octanol–water partition coefficient (Wildman–Crippen LogP) is 3.31. The van der Waals surface area contributed by atoms with Crippen LogP contribution in [-0.2, 0) is 10.0 Å². The second-order valence-electron chi connectivity index (χ2n) is 7.10. The summed E-state index contributed by atoms with van der Waals surface area (Å²) >= 11 is 0. The lowest BCUT2D eigenvalue weighted by Crippen LogP contribution is -2.39. The number of sulfonamides is 1. The zero-order valence-corrected chi connectivity index (χ0v) is 15.9. The molecule has 1 rings (SSSR count). The van der Waals surface area contributed by atoms with Crippen LogP contribution in [0.25, 0.3) is 0 Å². The summed E-state index contributed by atoms with van der Waals surface area (Å²) in [4.78, 5) is 0.327. The van der Waals surface area contributed by atoms with Gasteiger partial charge < -0.3 is 5.73 Å². The van der Waals surface area contributed by atoms with Gasteiger partial charge in [0.1, 0.15) is 0 Å². The molecule has 0 aliphatic heterocycles. The molecule has 1 aromatic rings. The highest BCUT2D eigenvalue weighted by atomic mass is 32.2. The van der Waals surface area contributed by atoms with Crippen molar-refractivity contribution in [3.05, 3.63) is 29.8 Å². The van der Waals surface area contributed by atoms with E-state index in [1.165, 1.54) is 0 Å². The number of aryl methyl sites for hydroxylation is 1. The van der Waals surface area contributed by atoms with Crippen molar-refractivity contribution in [2.24, 2.45) is 23.5 Å². The van der Waals surface area contributed by atoms with E-state index in [2.05, 4.69) is 32.4 Å². The van der Waals surface area contributed by atoms with Gasteiger partial charge in [0, 0.05) is 6.04 Å². The number of hydrogen-bond donors (Lipinski definition) is 2. The van der Waals surface area contributed by atoms with E-state index in [1.807, 2.05) is 19.1 Å². The molecule has 0 bridgehead atoms. The highest BCUT2D eigenvalue weighted by molar-refractivity contribution is 7.89. The van der Waals surface area contributed by atoms with Gasteiger partial charge in [0.15, 0.2) is 0 Å². The van der Waals surface area contributed by atoms with Crippen LogP contribution in [0.1, 0.15) is 46.1 Å². The van der Waals surface area contributed by atoms with Crippen molar-refractivity contribution in [2.75, 3.05) is 6.54 Å². The monoisotopic (exact) mass is 340 g/mol. The minimum Gasteiger partial charge on any atom is -0.330 e. The third kappa shape index (κ3) is 6.24. The average molecular weight is 341 g/mol. The van der Waals surface area contributed by atoms with Crippen molar-refractivity contribution in [3.63, 3.8) is 0 Å². The second-order valence-corrected chi connectivity index (χ2v) is 8.82. The van der Waals surface area contributed by atoms with E-state index in [0.29, 0.717) is 23.3 Å². The number of nitrogens with one attached hydrogen (secondary N) is 1. The zero-order chi connectivity index (χ0) is 17.6. The van der Waals surface area contributed by atoms with Crippen LogP contribution in [0, 0.1) is 24.7 Å². The number of rotatable bonds is 9. The lowest BCUT2D eigenvalue weighted by atomic mass is 9.88. The van der Waals surface area contributed by atoms with Gasteiger partial charge in [0.25, 0.3) is 0 Å². The minimum atomic E-state index is -3.48. The summed E-state index contributed by atoms with van der Waals surface area (Å²) in [7, 11) is -3.48. The van der Waals surface area contributed by atoms with E-state index < -0.39 is 10.0 Å². The quantitative estimate of drug-likeness (QED) is 0.724. The van der Waals surface area contributed by atoms with Crippen LogP contribution >= 0.6 is 0 Å². The van der Waals surface area contributed by atoms with E-state index in [0.717, 1.165) is 18.4 Å². The van der Waals surface area contributed by atoms with E-state index in [1.54, 1.807) is 12.1 Å². The van der Waals surface area contributed by atoms with Crippen LogP contribution in [0.15, 0.2) is 29.2 Å². The molecule has 0 aliphatic carbocycles. The molecule has 0 spiro atoms. The van der Waals surface area contributed by atoms with Crippen molar-refractivity contribution in [2.45, 2.75) is 58.4 Å². The van der Waals surface area contributed by atoms with E-state index in [9.17, 15) is 8.42 Å². The molecular weight excluding hydrogens is 308 g/mol. The van der Waals surface area contributed by atoms with E-state index >= 15 is 0 Å². The molecule has 2 unspecified atom stereocenters. The maximum Gasteiger partial charge on any atom is 0.240 e. The normalized spacial score (nSPS) is 15.1. The molecule has 1 aromatic carbocycles. The van der Waals surface area contributed by atoms with Crippen LogP contribution in [0.5, 0.6) is 0 Å². The Hall–Kier alpha value is -0.910. The van der Waals surface area contributed by atoms with Gasteiger partial charge in [-0.05, 0) is 56.2 Å². The van der Waals surface area contributed by atoms with Crippen LogP contribution in [0.3, 0.4) is 0 Å². The van der Waals surface area contributed by atoms with Crippen LogP contribution in [0.2, 0.25) is 0 Å². The summed E-state index contributed by atoms with van der Waals surface area (Å²) in [5.74, 6) is 1.18. The molecule has 5 heteroatoms. The maximum absolute atomic E-state index is 12.6. The Morgan fingerprint density at radius 2 is 1.57 bits per heavy atom. The molecule has 0 amide bonds. The molecule has 0 heterocycles. The Labute approximate surface area is 141 Å². The first-order valence-corrected chi connectivity index (χ1v) is 9.94. The Balaban J connectivity index is 2.80. The van der Waals surface area contributed by atoms with E-state index in [4.69, 9.17) is 5.73 Å². The van der Waals surface area contributed by atoms with Crippen molar-refractivity contribution < 1.29 is 8.42 Å². The van der Waals surface area contributed by atoms with Crippen LogP contribution in [0.4, 0.5) is 0 Å². The second kappa shape index (κ2) is 8.81. The summed E-state index contributed by atoms with van der Waals surface area (Å²) in [5, 5.41) is 0. The molecule has 0 fully saturated rings. The largest absolute Gasteiger partial charge is 0.330 e. The Bertz CT molecular complexity index is 565. The van der Waals surface area contributed by atoms with Crippen molar-refractivity contribution >= 4 is 10.0 Å². The van der Waals surface area contributed by atoms with Gasteiger partial charge in [-0.15, -0.1) is 0 Å².